The summed E-state index contributed by atoms with van der Waals surface area (Å²) in [5.41, 5.74) is 3.41. The lowest BCUT2D eigenvalue weighted by Gasteiger charge is -2.09. The Morgan fingerprint density at radius 2 is 1.90 bits per heavy atom. The highest BCUT2D eigenvalue weighted by Crippen LogP contribution is 2.24. The van der Waals surface area contributed by atoms with Crippen molar-refractivity contribution < 1.29 is 9.13 Å². The minimum absolute atomic E-state index is 0.0317. The smallest absolute Gasteiger partial charge is 0.151 e. The van der Waals surface area contributed by atoms with Gasteiger partial charge < -0.3 is 9.30 Å². The second kappa shape index (κ2) is 8.40. The number of ether oxygens (including phenoxy) is 1. The Bertz CT molecular complexity index is 1270. The van der Waals surface area contributed by atoms with Crippen LogP contribution in [0.15, 0.2) is 66.7 Å². The minimum Gasteiger partial charge on any atom is -0.489 e. The van der Waals surface area contributed by atoms with Crippen LogP contribution in [0.5, 0.6) is 5.75 Å². The highest BCUT2D eigenvalue weighted by atomic mass is 35.5. The maximum Gasteiger partial charge on any atom is 0.151 e. The number of imidazole rings is 1. The zero-order valence-electron chi connectivity index (χ0n) is 16.1. The van der Waals surface area contributed by atoms with Gasteiger partial charge in [0.15, 0.2) is 5.82 Å². The van der Waals surface area contributed by atoms with Crippen molar-refractivity contribution in [2.45, 2.75) is 6.61 Å². The molecule has 1 heterocycles. The Morgan fingerprint density at radius 3 is 2.60 bits per heavy atom. The lowest BCUT2D eigenvalue weighted by atomic mass is 10.1. The molecule has 1 aromatic heterocycles. The molecule has 4 rings (SSSR count). The number of fused-ring (bicyclic) bond motifs is 1. The molecule has 4 nitrogen and oxygen atoms in total. The van der Waals surface area contributed by atoms with E-state index in [1.807, 2.05) is 48.0 Å². The second-order valence-corrected chi connectivity index (χ2v) is 7.12. The van der Waals surface area contributed by atoms with Gasteiger partial charge in [0.25, 0.3) is 0 Å². The number of nitriles is 1. The fraction of sp³-hybridized carbons (Fsp3) is 0.0833. The number of halogens is 2. The van der Waals surface area contributed by atoms with E-state index in [9.17, 15) is 9.65 Å². The molecule has 0 aliphatic carbocycles. The molecule has 0 amide bonds. The first-order valence-electron chi connectivity index (χ1n) is 9.26. The van der Waals surface area contributed by atoms with E-state index in [1.165, 1.54) is 6.07 Å². The third-order valence-electron chi connectivity index (χ3n) is 4.78. The fourth-order valence-corrected chi connectivity index (χ4v) is 3.40. The Hall–Kier alpha value is -3.62. The Balaban J connectivity index is 1.55. The van der Waals surface area contributed by atoms with Crippen LogP contribution in [0, 0.1) is 17.1 Å². The second-order valence-electron chi connectivity index (χ2n) is 6.71. The van der Waals surface area contributed by atoms with Gasteiger partial charge in [-0.15, -0.1) is 0 Å². The number of hydrogen-bond acceptors (Lipinski definition) is 3. The van der Waals surface area contributed by atoms with E-state index in [0.29, 0.717) is 27.7 Å². The summed E-state index contributed by atoms with van der Waals surface area (Å²) in [5.74, 6) is 0.782. The molecule has 0 unspecified atom stereocenters. The van der Waals surface area contributed by atoms with Crippen molar-refractivity contribution in [2.24, 2.45) is 7.05 Å². The molecule has 0 aliphatic rings. The first kappa shape index (κ1) is 19.7. The van der Waals surface area contributed by atoms with Crippen LogP contribution in [-0.4, -0.2) is 9.55 Å². The number of aromatic nitrogens is 2. The lowest BCUT2D eigenvalue weighted by Crippen LogP contribution is -1.99. The van der Waals surface area contributed by atoms with Crippen molar-refractivity contribution in [2.75, 3.05) is 0 Å². The number of aryl methyl sites for hydroxylation is 1. The average molecular weight is 418 g/mol. The summed E-state index contributed by atoms with van der Waals surface area (Å²) in [5, 5.41) is 9.99. The van der Waals surface area contributed by atoms with Gasteiger partial charge in [-0.1, -0.05) is 41.9 Å². The number of rotatable bonds is 5. The van der Waals surface area contributed by atoms with Crippen molar-refractivity contribution >= 4 is 34.3 Å². The number of nitrogens with zero attached hydrogens (tertiary/aromatic N) is 3. The Labute approximate surface area is 178 Å². The molecule has 0 saturated heterocycles. The normalized spacial score (nSPS) is 11.5. The molecule has 0 N–H and O–H groups in total. The molecule has 4 aromatic rings. The first-order valence-corrected chi connectivity index (χ1v) is 9.64. The predicted molar refractivity (Wildman–Crippen MR) is 116 cm³/mol. The van der Waals surface area contributed by atoms with E-state index in [2.05, 4.69) is 11.1 Å². The molecule has 0 radical (unpaired) electrons. The van der Waals surface area contributed by atoms with E-state index in [0.717, 1.165) is 16.6 Å². The van der Waals surface area contributed by atoms with E-state index < -0.39 is 5.82 Å². The third-order valence-corrected chi connectivity index (χ3v) is 5.14. The molecule has 0 saturated carbocycles. The monoisotopic (exact) mass is 417 g/mol. The summed E-state index contributed by atoms with van der Waals surface area (Å²) in [6, 6.07) is 21.7. The van der Waals surface area contributed by atoms with Gasteiger partial charge >= 0.3 is 0 Å². The quantitative estimate of drug-likeness (QED) is 0.374. The molecule has 0 fully saturated rings. The molecular weight excluding hydrogens is 401 g/mol. The van der Waals surface area contributed by atoms with Crippen molar-refractivity contribution in [3.05, 3.63) is 94.5 Å². The van der Waals surface area contributed by atoms with Gasteiger partial charge in [0.05, 0.1) is 21.6 Å². The summed E-state index contributed by atoms with van der Waals surface area (Å²) < 4.78 is 21.4. The standard InChI is InChI=1S/C24H17ClFN3O/c1-29-23-8-3-2-7-22(23)28-24(29)17(14-27)13-16-9-11-18(12-10-16)30-15-19-20(25)5-4-6-21(19)26/h2-13H,15H2,1H3/b17-13-. The Kier molecular flexibility index (Phi) is 5.51. The van der Waals surface area contributed by atoms with Crippen LogP contribution in [0.25, 0.3) is 22.7 Å². The van der Waals surface area contributed by atoms with Crippen molar-refractivity contribution in [1.29, 1.82) is 5.26 Å². The van der Waals surface area contributed by atoms with E-state index in [-0.39, 0.29) is 6.61 Å². The molecule has 30 heavy (non-hydrogen) atoms. The molecule has 0 bridgehead atoms. The SMILES string of the molecule is Cn1c(/C(C#N)=C\c2ccc(OCc3c(F)cccc3Cl)cc2)nc2ccccc21. The van der Waals surface area contributed by atoms with Crippen LogP contribution in [-0.2, 0) is 13.7 Å². The van der Waals surface area contributed by atoms with Crippen LogP contribution in [0.3, 0.4) is 0 Å². The van der Waals surface area contributed by atoms with Gasteiger partial charge in [-0.2, -0.15) is 5.26 Å². The van der Waals surface area contributed by atoms with Gasteiger partial charge in [-0.05, 0) is 48.0 Å². The fourth-order valence-electron chi connectivity index (χ4n) is 3.19. The number of para-hydroxylation sites is 2. The third kappa shape index (κ3) is 3.91. The van der Waals surface area contributed by atoms with E-state index >= 15 is 0 Å². The van der Waals surface area contributed by atoms with Crippen LogP contribution in [0.2, 0.25) is 5.02 Å². The van der Waals surface area contributed by atoms with Crippen LogP contribution >= 0.6 is 11.6 Å². The van der Waals surface area contributed by atoms with Crippen molar-refractivity contribution in [3.63, 3.8) is 0 Å². The summed E-state index contributed by atoms with van der Waals surface area (Å²) in [7, 11) is 1.89. The molecule has 148 valence electrons. The summed E-state index contributed by atoms with van der Waals surface area (Å²) in [6.45, 7) is 0.0317. The zero-order valence-corrected chi connectivity index (χ0v) is 16.9. The highest BCUT2D eigenvalue weighted by Gasteiger charge is 2.12. The van der Waals surface area contributed by atoms with Gasteiger partial charge in [-0.25, -0.2) is 9.37 Å². The zero-order chi connectivity index (χ0) is 21.1. The maximum atomic E-state index is 13.9. The highest BCUT2D eigenvalue weighted by molar-refractivity contribution is 6.31. The number of allylic oxidation sites excluding steroid dienone is 1. The molecule has 6 heteroatoms. The lowest BCUT2D eigenvalue weighted by molar-refractivity contribution is 0.300. The molecule has 0 atom stereocenters. The minimum atomic E-state index is -0.400. The summed E-state index contributed by atoms with van der Waals surface area (Å²) in [4.78, 5) is 4.58. The van der Waals surface area contributed by atoms with Gasteiger partial charge in [0.2, 0.25) is 0 Å². The molecule has 3 aromatic carbocycles. The Morgan fingerprint density at radius 1 is 1.13 bits per heavy atom. The van der Waals surface area contributed by atoms with Crippen LogP contribution in [0.1, 0.15) is 17.0 Å². The van der Waals surface area contributed by atoms with E-state index in [4.69, 9.17) is 16.3 Å². The predicted octanol–water partition coefficient (Wildman–Crippen LogP) is 6.01. The average Bonchev–Trinajstić information content (AvgIpc) is 3.09. The summed E-state index contributed by atoms with van der Waals surface area (Å²) >= 11 is 6.03. The van der Waals surface area contributed by atoms with Crippen LogP contribution < -0.4 is 4.74 Å². The van der Waals surface area contributed by atoms with Crippen molar-refractivity contribution in [1.82, 2.24) is 9.55 Å². The molecular formula is C24H17ClFN3O. The summed E-state index contributed by atoms with van der Waals surface area (Å²) in [6.07, 6.45) is 1.78. The largest absolute Gasteiger partial charge is 0.489 e. The topological polar surface area (TPSA) is 50.8 Å². The molecule has 0 aliphatic heterocycles. The van der Waals surface area contributed by atoms with Gasteiger partial charge in [-0.3, -0.25) is 0 Å². The first-order chi connectivity index (χ1) is 14.6. The van der Waals surface area contributed by atoms with E-state index in [1.54, 1.807) is 30.3 Å². The van der Waals surface area contributed by atoms with Gasteiger partial charge in [0, 0.05) is 12.6 Å². The molecule has 0 spiro atoms. The van der Waals surface area contributed by atoms with Crippen molar-refractivity contribution in [3.8, 4) is 11.8 Å². The van der Waals surface area contributed by atoms with Crippen LogP contribution in [0.4, 0.5) is 4.39 Å². The maximum absolute atomic E-state index is 13.9. The van der Waals surface area contributed by atoms with Gasteiger partial charge in [0.1, 0.15) is 24.2 Å². The number of benzene rings is 3. The number of hydrogen-bond donors (Lipinski definition) is 0.